The van der Waals surface area contributed by atoms with Gasteiger partial charge in [0.25, 0.3) is 0 Å². The van der Waals surface area contributed by atoms with E-state index in [1.165, 1.54) is 11.8 Å². The Labute approximate surface area is 115 Å². The van der Waals surface area contributed by atoms with E-state index in [9.17, 15) is 4.79 Å². The summed E-state index contributed by atoms with van der Waals surface area (Å²) in [7, 11) is 0. The zero-order valence-corrected chi connectivity index (χ0v) is 12.5. The van der Waals surface area contributed by atoms with E-state index >= 15 is 0 Å². The van der Waals surface area contributed by atoms with Crippen molar-refractivity contribution < 1.29 is 4.79 Å². The van der Waals surface area contributed by atoms with Gasteiger partial charge in [-0.05, 0) is 29.2 Å². The molecule has 0 radical (unpaired) electrons. The third kappa shape index (κ3) is 5.54. The highest BCUT2D eigenvalue weighted by molar-refractivity contribution is 8.14. The Balaban J connectivity index is 2.97. The van der Waals surface area contributed by atoms with Crippen molar-refractivity contribution in [1.29, 1.82) is 0 Å². The molecule has 0 atom stereocenters. The summed E-state index contributed by atoms with van der Waals surface area (Å²) in [6.45, 7) is 8.50. The number of carbonyl (C=O) groups excluding carboxylic acids is 1. The molecule has 0 aliphatic rings. The first-order valence-electron chi connectivity index (χ1n) is 6.35. The van der Waals surface area contributed by atoms with Crippen molar-refractivity contribution in [2.45, 2.75) is 34.1 Å². The number of rotatable bonds is 4. The lowest BCUT2D eigenvalue weighted by atomic mass is 9.87. The second-order valence-electron chi connectivity index (χ2n) is 5.54. The van der Waals surface area contributed by atoms with Crippen LogP contribution in [0.15, 0.2) is 35.9 Å². The maximum absolute atomic E-state index is 12.1. The van der Waals surface area contributed by atoms with Crippen LogP contribution in [-0.4, -0.2) is 10.9 Å². The van der Waals surface area contributed by atoms with Crippen LogP contribution in [0.1, 0.15) is 39.7 Å². The van der Waals surface area contributed by atoms with Crippen molar-refractivity contribution in [3.8, 4) is 0 Å². The highest BCUT2D eigenvalue weighted by atomic mass is 32.2. The highest BCUT2D eigenvalue weighted by Gasteiger charge is 2.18. The monoisotopic (exact) mass is 262 g/mol. The molecule has 1 aromatic rings. The molecular weight excluding hydrogens is 240 g/mol. The Morgan fingerprint density at radius 2 is 1.83 bits per heavy atom. The van der Waals surface area contributed by atoms with E-state index in [4.69, 9.17) is 0 Å². The predicted octanol–water partition coefficient (Wildman–Crippen LogP) is 4.79. The van der Waals surface area contributed by atoms with Crippen molar-refractivity contribution in [1.82, 2.24) is 0 Å². The Morgan fingerprint density at radius 3 is 2.33 bits per heavy atom. The molecule has 0 N–H and O–H groups in total. The van der Waals surface area contributed by atoms with Gasteiger partial charge < -0.3 is 0 Å². The fourth-order valence-electron chi connectivity index (χ4n) is 1.73. The number of carbonyl (C=O) groups is 1. The second kappa shape index (κ2) is 6.79. The number of thioether (sulfide) groups is 1. The second-order valence-corrected chi connectivity index (χ2v) is 6.77. The van der Waals surface area contributed by atoms with Crippen molar-refractivity contribution in [2.24, 2.45) is 5.41 Å². The average Bonchev–Trinajstić information content (AvgIpc) is 2.28. The first-order valence-corrected chi connectivity index (χ1v) is 7.33. The minimum Gasteiger partial charge on any atom is -0.282 e. The van der Waals surface area contributed by atoms with Crippen LogP contribution in [-0.2, 0) is 4.79 Å². The molecule has 0 heterocycles. The molecule has 18 heavy (non-hydrogen) atoms. The Bertz CT molecular complexity index is 412. The van der Waals surface area contributed by atoms with Gasteiger partial charge in [0.1, 0.15) is 0 Å². The van der Waals surface area contributed by atoms with Crippen LogP contribution in [0, 0.1) is 5.41 Å². The third-order valence-electron chi connectivity index (χ3n) is 2.40. The number of benzene rings is 1. The molecule has 1 rings (SSSR count). The molecule has 0 saturated carbocycles. The minimum absolute atomic E-state index is 0.130. The van der Waals surface area contributed by atoms with E-state index in [0.29, 0.717) is 0 Å². The van der Waals surface area contributed by atoms with E-state index in [1.807, 2.05) is 43.3 Å². The van der Waals surface area contributed by atoms with Crippen LogP contribution in [0.3, 0.4) is 0 Å². The van der Waals surface area contributed by atoms with E-state index in [1.54, 1.807) is 0 Å². The molecule has 0 unspecified atom stereocenters. The van der Waals surface area contributed by atoms with E-state index in [0.717, 1.165) is 23.3 Å². The molecular formula is C16H22OS. The zero-order valence-electron chi connectivity index (χ0n) is 11.7. The van der Waals surface area contributed by atoms with Gasteiger partial charge in [-0.25, -0.2) is 0 Å². The first-order chi connectivity index (χ1) is 8.42. The summed E-state index contributed by atoms with van der Waals surface area (Å²) >= 11 is 1.39. The van der Waals surface area contributed by atoms with E-state index < -0.39 is 0 Å². The standard InChI is InChI=1S/C16H22OS/c1-5-18-15(17)14(12-16(2,3)4)11-13-9-7-6-8-10-13/h6-11H,5,12H2,1-4H3/b14-11-. The molecule has 0 bridgehead atoms. The summed E-state index contributed by atoms with van der Waals surface area (Å²) in [5.74, 6) is 0.828. The number of hydrogen-bond acceptors (Lipinski definition) is 2. The van der Waals surface area contributed by atoms with E-state index in [2.05, 4.69) is 20.8 Å². The smallest absolute Gasteiger partial charge is 0.215 e. The minimum atomic E-state index is 0.130. The van der Waals surface area contributed by atoms with Gasteiger partial charge in [0.2, 0.25) is 5.12 Å². The maximum atomic E-state index is 12.1. The molecule has 0 aliphatic carbocycles. The largest absolute Gasteiger partial charge is 0.282 e. The zero-order chi connectivity index (χ0) is 13.6. The van der Waals surface area contributed by atoms with Crippen LogP contribution in [0.5, 0.6) is 0 Å². The molecule has 2 heteroatoms. The van der Waals surface area contributed by atoms with Crippen molar-refractivity contribution in [2.75, 3.05) is 5.75 Å². The summed E-state index contributed by atoms with van der Waals surface area (Å²) < 4.78 is 0. The van der Waals surface area contributed by atoms with Crippen LogP contribution in [0.25, 0.3) is 6.08 Å². The molecule has 1 nitrogen and oxygen atoms in total. The molecule has 0 spiro atoms. The fraction of sp³-hybridized carbons (Fsp3) is 0.438. The molecule has 0 aromatic heterocycles. The van der Waals surface area contributed by atoms with Gasteiger partial charge in [0.15, 0.2) is 0 Å². The van der Waals surface area contributed by atoms with Crippen LogP contribution >= 0.6 is 11.8 Å². The maximum Gasteiger partial charge on any atom is 0.215 e. The molecule has 0 amide bonds. The van der Waals surface area contributed by atoms with Gasteiger partial charge in [-0.3, -0.25) is 4.79 Å². The van der Waals surface area contributed by atoms with Gasteiger partial charge in [0, 0.05) is 5.57 Å². The normalized spacial score (nSPS) is 12.6. The quantitative estimate of drug-likeness (QED) is 0.726. The SMILES string of the molecule is CCSC(=O)/C(=C\c1ccccc1)CC(C)(C)C. The van der Waals surface area contributed by atoms with Crippen molar-refractivity contribution in [3.05, 3.63) is 41.5 Å². The number of hydrogen-bond donors (Lipinski definition) is 0. The van der Waals surface area contributed by atoms with E-state index in [-0.39, 0.29) is 10.5 Å². The molecule has 0 saturated heterocycles. The van der Waals surface area contributed by atoms with Crippen molar-refractivity contribution in [3.63, 3.8) is 0 Å². The Morgan fingerprint density at radius 1 is 1.22 bits per heavy atom. The van der Waals surface area contributed by atoms with Crippen LogP contribution < -0.4 is 0 Å². The molecule has 1 aromatic carbocycles. The van der Waals surface area contributed by atoms with Gasteiger partial charge in [-0.15, -0.1) is 0 Å². The molecule has 0 fully saturated rings. The van der Waals surface area contributed by atoms with Crippen LogP contribution in [0.2, 0.25) is 0 Å². The van der Waals surface area contributed by atoms with Crippen molar-refractivity contribution >= 4 is 23.0 Å². The van der Waals surface area contributed by atoms with Crippen LogP contribution in [0.4, 0.5) is 0 Å². The van der Waals surface area contributed by atoms with Gasteiger partial charge in [-0.2, -0.15) is 0 Å². The topological polar surface area (TPSA) is 17.1 Å². The summed E-state index contributed by atoms with van der Waals surface area (Å²) in [4.78, 5) is 12.1. The van der Waals surface area contributed by atoms with Gasteiger partial charge in [0.05, 0.1) is 0 Å². The Kier molecular flexibility index (Phi) is 5.67. The lowest BCUT2D eigenvalue weighted by Crippen LogP contribution is -2.10. The third-order valence-corrected chi connectivity index (χ3v) is 3.21. The summed E-state index contributed by atoms with van der Waals surface area (Å²) in [5, 5.41) is 0.205. The predicted molar refractivity (Wildman–Crippen MR) is 81.6 cm³/mol. The van der Waals surface area contributed by atoms with Gasteiger partial charge >= 0.3 is 0 Å². The summed E-state index contributed by atoms with van der Waals surface area (Å²) in [6.07, 6.45) is 2.84. The lowest BCUT2D eigenvalue weighted by Gasteiger charge is -2.19. The highest BCUT2D eigenvalue weighted by Crippen LogP contribution is 2.28. The summed E-state index contributed by atoms with van der Waals surface area (Å²) in [6, 6.07) is 10.1. The van der Waals surface area contributed by atoms with Gasteiger partial charge in [-0.1, -0.05) is 69.8 Å². The molecule has 0 aliphatic heterocycles. The Hall–Kier alpha value is -1.02. The first kappa shape index (κ1) is 15.0. The molecule has 98 valence electrons. The lowest BCUT2D eigenvalue weighted by molar-refractivity contribution is -0.108. The average molecular weight is 262 g/mol. The fourth-order valence-corrected chi connectivity index (χ4v) is 2.31. The summed E-state index contributed by atoms with van der Waals surface area (Å²) in [5.41, 5.74) is 2.15.